The molecule has 3 heteroatoms. The number of rotatable bonds is 2. The molecule has 1 aromatic heterocycles. The lowest BCUT2D eigenvalue weighted by Crippen LogP contribution is -2.24. The van der Waals surface area contributed by atoms with Crippen LogP contribution in [0.1, 0.15) is 0 Å². The van der Waals surface area contributed by atoms with E-state index in [0.29, 0.717) is 0 Å². The van der Waals surface area contributed by atoms with Crippen LogP contribution in [0.2, 0.25) is 0 Å². The molecule has 0 amide bonds. The predicted molar refractivity (Wildman–Crippen MR) is 91.5 cm³/mol. The zero-order chi connectivity index (χ0) is 14.9. The Balaban J connectivity index is 1.86. The second-order valence-corrected chi connectivity index (χ2v) is 5.51. The Hall–Kier alpha value is -2.81. The highest BCUT2D eigenvalue weighted by atomic mass is 15.4. The summed E-state index contributed by atoms with van der Waals surface area (Å²) < 4.78 is 0. The van der Waals surface area contributed by atoms with E-state index in [0.717, 1.165) is 12.2 Å². The van der Waals surface area contributed by atoms with Crippen LogP contribution in [-0.2, 0) is 0 Å². The van der Waals surface area contributed by atoms with Gasteiger partial charge in [0.25, 0.3) is 0 Å². The third kappa shape index (κ3) is 2.02. The van der Waals surface area contributed by atoms with Crippen molar-refractivity contribution in [1.82, 2.24) is 4.98 Å². The van der Waals surface area contributed by atoms with Crippen LogP contribution in [0.5, 0.6) is 0 Å². The molecule has 0 saturated heterocycles. The van der Waals surface area contributed by atoms with E-state index >= 15 is 0 Å². The molecule has 0 bridgehead atoms. The highest BCUT2D eigenvalue weighted by Gasteiger charge is 2.25. The average Bonchev–Trinajstić information content (AvgIpc) is 2.93. The minimum atomic E-state index is 0.858. The molecule has 2 heterocycles. The Morgan fingerprint density at radius 3 is 2.32 bits per heavy atom. The van der Waals surface area contributed by atoms with Crippen LogP contribution in [0.15, 0.2) is 73.1 Å². The third-order valence-electron chi connectivity index (χ3n) is 4.10. The van der Waals surface area contributed by atoms with Crippen LogP contribution in [-0.4, -0.2) is 18.7 Å². The largest absolute Gasteiger partial charge is 0.355 e. The molecule has 1 aliphatic rings. The van der Waals surface area contributed by atoms with E-state index < -0.39 is 0 Å². The van der Waals surface area contributed by atoms with Gasteiger partial charge in [0.05, 0.1) is 23.7 Å². The number of hydrogen-bond acceptors (Lipinski definition) is 3. The smallest absolute Gasteiger partial charge is 0.0950 e. The SMILES string of the molecule is CN1CN(c2ccccc2-c2cccnc2)c2ccccc21. The maximum atomic E-state index is 4.26. The molecule has 3 nitrogen and oxygen atoms in total. The summed E-state index contributed by atoms with van der Waals surface area (Å²) in [5.74, 6) is 0. The molecule has 2 aromatic carbocycles. The van der Waals surface area contributed by atoms with E-state index in [4.69, 9.17) is 0 Å². The maximum Gasteiger partial charge on any atom is 0.0950 e. The van der Waals surface area contributed by atoms with Gasteiger partial charge in [-0.25, -0.2) is 0 Å². The zero-order valence-corrected chi connectivity index (χ0v) is 12.5. The van der Waals surface area contributed by atoms with Gasteiger partial charge in [-0.05, 0) is 24.3 Å². The highest BCUT2D eigenvalue weighted by Crippen LogP contribution is 2.42. The van der Waals surface area contributed by atoms with Crippen LogP contribution in [0, 0.1) is 0 Å². The van der Waals surface area contributed by atoms with Gasteiger partial charge in [-0.2, -0.15) is 0 Å². The van der Waals surface area contributed by atoms with E-state index in [1.54, 1.807) is 0 Å². The highest BCUT2D eigenvalue weighted by molar-refractivity contribution is 5.88. The number of para-hydroxylation sites is 3. The van der Waals surface area contributed by atoms with Crippen molar-refractivity contribution in [1.29, 1.82) is 0 Å². The van der Waals surface area contributed by atoms with Crippen LogP contribution in [0.3, 0.4) is 0 Å². The Bertz CT molecular complexity index is 799. The number of pyridine rings is 1. The molecule has 0 radical (unpaired) electrons. The second kappa shape index (κ2) is 5.19. The first-order valence-corrected chi connectivity index (χ1v) is 7.42. The molecular formula is C19H17N3. The van der Waals surface area contributed by atoms with E-state index in [2.05, 4.69) is 76.4 Å². The standard InChI is InChI=1S/C19H17N3/c1-21-14-22(19-11-5-4-10-18(19)21)17-9-3-2-8-16(17)15-7-6-12-20-13-15/h2-13H,14H2,1H3. The number of nitrogens with zero attached hydrogens (tertiary/aromatic N) is 3. The summed E-state index contributed by atoms with van der Waals surface area (Å²) in [6.45, 7) is 0.858. The maximum absolute atomic E-state index is 4.26. The van der Waals surface area contributed by atoms with Crippen LogP contribution in [0.25, 0.3) is 11.1 Å². The van der Waals surface area contributed by atoms with Crippen molar-refractivity contribution in [3.63, 3.8) is 0 Å². The first-order valence-electron chi connectivity index (χ1n) is 7.42. The fraction of sp³-hybridized carbons (Fsp3) is 0.105. The second-order valence-electron chi connectivity index (χ2n) is 5.51. The lowest BCUT2D eigenvalue weighted by molar-refractivity contribution is 0.950. The van der Waals surface area contributed by atoms with Crippen LogP contribution < -0.4 is 9.80 Å². The molecule has 3 aromatic rings. The van der Waals surface area contributed by atoms with Gasteiger partial charge in [0, 0.05) is 30.6 Å². The molecule has 0 unspecified atom stereocenters. The van der Waals surface area contributed by atoms with Gasteiger partial charge in [0.2, 0.25) is 0 Å². The summed E-state index contributed by atoms with van der Waals surface area (Å²) in [7, 11) is 2.13. The summed E-state index contributed by atoms with van der Waals surface area (Å²) in [5, 5.41) is 0. The van der Waals surface area contributed by atoms with Crippen molar-refractivity contribution in [2.75, 3.05) is 23.5 Å². The van der Waals surface area contributed by atoms with Gasteiger partial charge < -0.3 is 9.80 Å². The minimum Gasteiger partial charge on any atom is -0.355 e. The van der Waals surface area contributed by atoms with Gasteiger partial charge in [-0.3, -0.25) is 4.98 Å². The van der Waals surface area contributed by atoms with Crippen molar-refractivity contribution in [2.24, 2.45) is 0 Å². The fourth-order valence-corrected chi connectivity index (χ4v) is 3.06. The summed E-state index contributed by atoms with van der Waals surface area (Å²) in [5.41, 5.74) is 6.09. The molecule has 0 spiro atoms. The number of benzene rings is 2. The molecule has 22 heavy (non-hydrogen) atoms. The van der Waals surface area contributed by atoms with E-state index in [-0.39, 0.29) is 0 Å². The van der Waals surface area contributed by atoms with Gasteiger partial charge in [0.1, 0.15) is 0 Å². The van der Waals surface area contributed by atoms with Crippen molar-refractivity contribution < 1.29 is 0 Å². The minimum absolute atomic E-state index is 0.858. The van der Waals surface area contributed by atoms with Gasteiger partial charge >= 0.3 is 0 Å². The van der Waals surface area contributed by atoms with Gasteiger partial charge in [-0.1, -0.05) is 36.4 Å². The van der Waals surface area contributed by atoms with Crippen molar-refractivity contribution in [2.45, 2.75) is 0 Å². The monoisotopic (exact) mass is 287 g/mol. The normalized spacial score (nSPS) is 13.3. The molecular weight excluding hydrogens is 270 g/mol. The van der Waals surface area contributed by atoms with Gasteiger partial charge in [-0.15, -0.1) is 0 Å². The Labute approximate surface area is 130 Å². The number of fused-ring (bicyclic) bond motifs is 1. The van der Waals surface area contributed by atoms with Crippen molar-refractivity contribution in [3.8, 4) is 11.1 Å². The first kappa shape index (κ1) is 12.9. The molecule has 0 N–H and O–H groups in total. The molecule has 1 aliphatic heterocycles. The Kier molecular flexibility index (Phi) is 3.04. The lowest BCUT2D eigenvalue weighted by Gasteiger charge is -2.22. The van der Waals surface area contributed by atoms with E-state index in [1.807, 2.05) is 18.5 Å². The Morgan fingerprint density at radius 1 is 0.818 bits per heavy atom. The van der Waals surface area contributed by atoms with E-state index in [1.165, 1.54) is 22.6 Å². The first-order chi connectivity index (χ1) is 10.8. The summed E-state index contributed by atoms with van der Waals surface area (Å²) in [6, 6.07) is 21.1. The summed E-state index contributed by atoms with van der Waals surface area (Å²) >= 11 is 0. The third-order valence-corrected chi connectivity index (χ3v) is 4.10. The topological polar surface area (TPSA) is 19.4 Å². The molecule has 0 atom stereocenters. The van der Waals surface area contributed by atoms with Gasteiger partial charge in [0.15, 0.2) is 0 Å². The molecule has 0 saturated carbocycles. The van der Waals surface area contributed by atoms with E-state index in [9.17, 15) is 0 Å². The average molecular weight is 287 g/mol. The predicted octanol–water partition coefficient (Wildman–Crippen LogP) is 4.29. The lowest BCUT2D eigenvalue weighted by atomic mass is 10.0. The number of anilines is 3. The summed E-state index contributed by atoms with van der Waals surface area (Å²) in [6.07, 6.45) is 3.73. The Morgan fingerprint density at radius 2 is 1.55 bits per heavy atom. The quantitative estimate of drug-likeness (QED) is 0.700. The molecule has 0 aliphatic carbocycles. The fourth-order valence-electron chi connectivity index (χ4n) is 3.06. The van der Waals surface area contributed by atoms with Crippen LogP contribution >= 0.6 is 0 Å². The summed E-state index contributed by atoms with van der Waals surface area (Å²) in [4.78, 5) is 8.89. The molecule has 0 fully saturated rings. The molecule has 4 rings (SSSR count). The van der Waals surface area contributed by atoms with Crippen molar-refractivity contribution in [3.05, 3.63) is 73.1 Å². The number of aromatic nitrogens is 1. The van der Waals surface area contributed by atoms with Crippen molar-refractivity contribution >= 4 is 17.1 Å². The van der Waals surface area contributed by atoms with Crippen LogP contribution in [0.4, 0.5) is 17.1 Å². The number of hydrogen-bond donors (Lipinski definition) is 0. The molecule has 108 valence electrons. The zero-order valence-electron chi connectivity index (χ0n) is 12.5.